The standard InChI is InChI=1S/C11H15O2/c1-3-10(12)8-9-4-6-11(10,13-2)7-5-9/h3-4,6,9H,1,5,7-8H2,2H3/q-1/t9-,10+,11-/m1/s1. The first kappa shape index (κ1) is 8.97. The molecule has 2 nitrogen and oxygen atoms in total. The largest absolute Gasteiger partial charge is 0.844 e. The van der Waals surface area contributed by atoms with Crippen molar-refractivity contribution in [1.82, 2.24) is 0 Å². The lowest BCUT2D eigenvalue weighted by Crippen LogP contribution is -2.66. The zero-order chi connectivity index (χ0) is 9.53. The van der Waals surface area contributed by atoms with E-state index in [4.69, 9.17) is 4.74 Å². The predicted molar refractivity (Wildman–Crippen MR) is 49.1 cm³/mol. The molecule has 2 heteroatoms. The zero-order valence-electron chi connectivity index (χ0n) is 7.95. The van der Waals surface area contributed by atoms with Gasteiger partial charge in [-0.1, -0.05) is 30.2 Å². The molecule has 72 valence electrons. The van der Waals surface area contributed by atoms with Gasteiger partial charge >= 0.3 is 0 Å². The Morgan fingerprint density at radius 1 is 1.69 bits per heavy atom. The Bertz CT molecular complexity index is 259. The van der Waals surface area contributed by atoms with E-state index in [1.165, 1.54) is 6.08 Å². The fourth-order valence-corrected chi connectivity index (χ4v) is 2.55. The maximum absolute atomic E-state index is 12.3. The van der Waals surface area contributed by atoms with Crippen molar-refractivity contribution in [3.05, 3.63) is 24.8 Å². The summed E-state index contributed by atoms with van der Waals surface area (Å²) in [6.45, 7) is 3.64. The van der Waals surface area contributed by atoms with E-state index in [-0.39, 0.29) is 0 Å². The van der Waals surface area contributed by atoms with Gasteiger partial charge in [-0.05, 0) is 18.8 Å². The molecule has 1 fully saturated rings. The number of rotatable bonds is 2. The Morgan fingerprint density at radius 2 is 2.46 bits per heavy atom. The molecule has 3 aliphatic rings. The van der Waals surface area contributed by atoms with Gasteiger partial charge in [0.05, 0.1) is 5.60 Å². The van der Waals surface area contributed by atoms with Crippen LogP contribution in [-0.2, 0) is 4.74 Å². The van der Waals surface area contributed by atoms with Crippen molar-refractivity contribution in [1.29, 1.82) is 0 Å². The highest BCUT2D eigenvalue weighted by atomic mass is 16.5. The molecular weight excluding hydrogens is 164 g/mol. The minimum atomic E-state index is -1.11. The molecule has 0 aliphatic heterocycles. The molecule has 2 bridgehead atoms. The van der Waals surface area contributed by atoms with E-state index >= 15 is 0 Å². The topological polar surface area (TPSA) is 32.3 Å². The second-order valence-electron chi connectivity index (χ2n) is 4.05. The molecule has 3 rings (SSSR count). The van der Waals surface area contributed by atoms with Gasteiger partial charge in [0, 0.05) is 7.11 Å². The molecule has 3 atom stereocenters. The van der Waals surface area contributed by atoms with Gasteiger partial charge in [0.1, 0.15) is 0 Å². The van der Waals surface area contributed by atoms with E-state index in [0.717, 1.165) is 12.8 Å². The first-order valence-electron chi connectivity index (χ1n) is 4.74. The van der Waals surface area contributed by atoms with Crippen molar-refractivity contribution in [3.63, 3.8) is 0 Å². The maximum Gasteiger partial charge on any atom is 0.0798 e. The smallest absolute Gasteiger partial charge is 0.0798 e. The summed E-state index contributed by atoms with van der Waals surface area (Å²) < 4.78 is 5.40. The molecule has 0 spiro atoms. The van der Waals surface area contributed by atoms with Crippen LogP contribution in [0.1, 0.15) is 19.3 Å². The van der Waals surface area contributed by atoms with Crippen molar-refractivity contribution in [2.75, 3.05) is 7.11 Å². The Labute approximate surface area is 78.9 Å². The van der Waals surface area contributed by atoms with Crippen LogP contribution in [0.3, 0.4) is 0 Å². The fourth-order valence-electron chi connectivity index (χ4n) is 2.55. The lowest BCUT2D eigenvalue weighted by atomic mass is 9.63. The maximum atomic E-state index is 12.3. The Hall–Kier alpha value is -0.600. The van der Waals surface area contributed by atoms with E-state index in [9.17, 15) is 5.11 Å². The lowest BCUT2D eigenvalue weighted by Gasteiger charge is -2.59. The monoisotopic (exact) mass is 179 g/mol. The summed E-state index contributed by atoms with van der Waals surface area (Å²) in [4.78, 5) is 0. The summed E-state index contributed by atoms with van der Waals surface area (Å²) in [5, 5.41) is 12.3. The van der Waals surface area contributed by atoms with Crippen LogP contribution in [0.15, 0.2) is 24.8 Å². The summed E-state index contributed by atoms with van der Waals surface area (Å²) in [6, 6.07) is 0. The Balaban J connectivity index is 2.43. The minimum Gasteiger partial charge on any atom is -0.844 e. The van der Waals surface area contributed by atoms with Crippen LogP contribution in [0.2, 0.25) is 0 Å². The van der Waals surface area contributed by atoms with E-state index in [1.54, 1.807) is 7.11 Å². The highest BCUT2D eigenvalue weighted by Gasteiger charge is 2.47. The van der Waals surface area contributed by atoms with Gasteiger partial charge in [-0.15, -0.1) is 6.58 Å². The average Bonchev–Trinajstić information content (AvgIpc) is 2.19. The van der Waals surface area contributed by atoms with Crippen molar-refractivity contribution >= 4 is 0 Å². The van der Waals surface area contributed by atoms with Gasteiger partial charge in [0.25, 0.3) is 0 Å². The first-order valence-corrected chi connectivity index (χ1v) is 4.74. The van der Waals surface area contributed by atoms with E-state index < -0.39 is 11.2 Å². The number of ether oxygens (including phenoxy) is 1. The van der Waals surface area contributed by atoms with E-state index in [0.29, 0.717) is 12.3 Å². The molecule has 0 saturated heterocycles. The van der Waals surface area contributed by atoms with Gasteiger partial charge in [-0.25, -0.2) is 0 Å². The highest BCUT2D eigenvalue weighted by molar-refractivity contribution is 5.27. The third-order valence-corrected chi connectivity index (χ3v) is 3.50. The van der Waals surface area contributed by atoms with Gasteiger partial charge in [-0.2, -0.15) is 0 Å². The van der Waals surface area contributed by atoms with Crippen LogP contribution in [0, 0.1) is 5.92 Å². The summed E-state index contributed by atoms with van der Waals surface area (Å²) in [5.41, 5.74) is -1.73. The van der Waals surface area contributed by atoms with Crippen LogP contribution in [0.25, 0.3) is 0 Å². The number of hydrogen-bond acceptors (Lipinski definition) is 2. The van der Waals surface area contributed by atoms with Gasteiger partial charge in [-0.3, -0.25) is 0 Å². The normalized spacial score (nSPS) is 48.0. The van der Waals surface area contributed by atoms with Crippen molar-refractivity contribution in [3.8, 4) is 0 Å². The third kappa shape index (κ3) is 1.02. The Kier molecular flexibility index (Phi) is 1.86. The molecule has 0 radical (unpaired) electrons. The average molecular weight is 179 g/mol. The van der Waals surface area contributed by atoms with Crippen LogP contribution >= 0.6 is 0 Å². The molecule has 13 heavy (non-hydrogen) atoms. The molecule has 0 aromatic rings. The summed E-state index contributed by atoms with van der Waals surface area (Å²) in [7, 11) is 1.62. The molecule has 1 saturated carbocycles. The zero-order valence-corrected chi connectivity index (χ0v) is 7.95. The molecule has 0 aromatic heterocycles. The SMILES string of the molecule is C=C[C@]1([O-])C[C@@H]2C=C[C@@]1(OC)CC2. The van der Waals surface area contributed by atoms with Gasteiger partial charge in [0.2, 0.25) is 0 Å². The molecule has 0 unspecified atom stereocenters. The van der Waals surface area contributed by atoms with Crippen LogP contribution in [-0.4, -0.2) is 18.3 Å². The summed E-state index contributed by atoms with van der Waals surface area (Å²) >= 11 is 0. The number of allylic oxidation sites excluding steroid dienone is 1. The van der Waals surface area contributed by atoms with Crippen molar-refractivity contribution in [2.24, 2.45) is 5.92 Å². The summed E-state index contributed by atoms with van der Waals surface area (Å²) in [6.07, 6.45) is 8.13. The molecule has 0 heterocycles. The number of hydrogen-bond donors (Lipinski definition) is 0. The minimum absolute atomic E-state index is 0.438. The van der Waals surface area contributed by atoms with Gasteiger partial charge in [0.15, 0.2) is 0 Å². The number of methoxy groups -OCH3 is 1. The first-order chi connectivity index (χ1) is 6.16. The van der Waals surface area contributed by atoms with E-state index in [2.05, 4.69) is 12.7 Å². The van der Waals surface area contributed by atoms with Crippen LogP contribution in [0.5, 0.6) is 0 Å². The second kappa shape index (κ2) is 2.69. The van der Waals surface area contributed by atoms with Crippen molar-refractivity contribution in [2.45, 2.75) is 30.5 Å². The Morgan fingerprint density at radius 3 is 2.85 bits per heavy atom. The molecule has 0 N–H and O–H groups in total. The van der Waals surface area contributed by atoms with Crippen LogP contribution in [0.4, 0.5) is 0 Å². The van der Waals surface area contributed by atoms with Crippen LogP contribution < -0.4 is 5.11 Å². The quantitative estimate of drug-likeness (QED) is 0.593. The van der Waals surface area contributed by atoms with Crippen molar-refractivity contribution < 1.29 is 9.84 Å². The third-order valence-electron chi connectivity index (χ3n) is 3.50. The molecule has 0 amide bonds. The molecular formula is C11H15O2-. The van der Waals surface area contributed by atoms with Gasteiger partial charge < -0.3 is 9.84 Å². The predicted octanol–water partition coefficient (Wildman–Crippen LogP) is 1.03. The number of fused-ring (bicyclic) bond motifs is 2. The summed E-state index contributed by atoms with van der Waals surface area (Å²) in [5.74, 6) is 0.438. The lowest BCUT2D eigenvalue weighted by molar-refractivity contribution is -0.500. The molecule has 3 aliphatic carbocycles. The molecule has 0 aromatic carbocycles. The van der Waals surface area contributed by atoms with E-state index in [1.807, 2.05) is 6.08 Å². The highest BCUT2D eigenvalue weighted by Crippen LogP contribution is 2.46. The fraction of sp³-hybridized carbons (Fsp3) is 0.636. The second-order valence-corrected chi connectivity index (χ2v) is 4.05.